The quantitative estimate of drug-likeness (QED) is 0.205. The molecule has 0 bridgehead atoms. The predicted molar refractivity (Wildman–Crippen MR) is 168 cm³/mol. The second-order valence-corrected chi connectivity index (χ2v) is 11.8. The van der Waals surface area contributed by atoms with Gasteiger partial charge in [-0.3, -0.25) is 10.1 Å². The van der Waals surface area contributed by atoms with Crippen LogP contribution in [0, 0.1) is 12.8 Å². The smallest absolute Gasteiger partial charge is 0.407 e. The number of para-hydroxylation sites is 1. The van der Waals surface area contributed by atoms with E-state index in [1.807, 2.05) is 30.5 Å². The van der Waals surface area contributed by atoms with Crippen molar-refractivity contribution in [2.24, 2.45) is 5.92 Å². The van der Waals surface area contributed by atoms with Gasteiger partial charge in [0.1, 0.15) is 5.75 Å². The molecule has 2 aliphatic heterocycles. The van der Waals surface area contributed by atoms with E-state index in [0.717, 1.165) is 36.1 Å². The molecule has 1 fully saturated rings. The highest BCUT2D eigenvalue weighted by atomic mass is 16.5. The molecule has 4 N–H and O–H groups in total. The Bertz CT molecular complexity index is 1580. The highest BCUT2D eigenvalue weighted by Gasteiger charge is 2.41. The van der Waals surface area contributed by atoms with Crippen molar-refractivity contribution in [1.29, 1.82) is 0 Å². The average Bonchev–Trinajstić information content (AvgIpc) is 3.60. The Morgan fingerprint density at radius 3 is 2.52 bits per heavy atom. The minimum Gasteiger partial charge on any atom is -0.492 e. The van der Waals surface area contributed by atoms with E-state index in [-0.39, 0.29) is 17.9 Å². The fourth-order valence-corrected chi connectivity index (χ4v) is 6.70. The zero-order valence-electron chi connectivity index (χ0n) is 25.0. The van der Waals surface area contributed by atoms with E-state index in [1.165, 1.54) is 16.0 Å². The van der Waals surface area contributed by atoms with Crippen LogP contribution in [0.1, 0.15) is 63.6 Å². The summed E-state index contributed by atoms with van der Waals surface area (Å²) in [5, 5.41) is 16.4. The van der Waals surface area contributed by atoms with Crippen LogP contribution in [0.3, 0.4) is 0 Å². The molecule has 2 aliphatic rings. The number of aryl methyl sites for hydroxylation is 1. The van der Waals surface area contributed by atoms with Crippen LogP contribution in [-0.2, 0) is 12.0 Å². The summed E-state index contributed by atoms with van der Waals surface area (Å²) < 4.78 is 6.20. The maximum Gasteiger partial charge on any atom is 0.407 e. The van der Waals surface area contributed by atoms with Crippen LogP contribution in [0.2, 0.25) is 0 Å². The topological polar surface area (TPSA) is 120 Å². The number of carboxylic acid groups (broad SMARTS) is 1. The van der Waals surface area contributed by atoms with Crippen LogP contribution < -0.4 is 15.4 Å². The number of hydrogen-bond acceptors (Lipinski definition) is 5. The number of amides is 2. The molecule has 2 atom stereocenters. The van der Waals surface area contributed by atoms with Crippen LogP contribution in [0.15, 0.2) is 85.3 Å². The van der Waals surface area contributed by atoms with Crippen molar-refractivity contribution < 1.29 is 19.4 Å². The van der Waals surface area contributed by atoms with Crippen molar-refractivity contribution in [3.63, 3.8) is 0 Å². The number of likely N-dealkylation sites (tertiary alicyclic amines) is 1. The third kappa shape index (κ3) is 6.05. The Labute approximate surface area is 257 Å². The van der Waals surface area contributed by atoms with Crippen LogP contribution in [-0.4, -0.2) is 58.2 Å². The number of carbonyl (C=O) groups excluding carboxylic acids is 1. The maximum atomic E-state index is 13.5. The first kappa shape index (κ1) is 29.4. The second-order valence-electron chi connectivity index (χ2n) is 11.8. The minimum absolute atomic E-state index is 0.0986. The van der Waals surface area contributed by atoms with Gasteiger partial charge in [0, 0.05) is 44.1 Å². The number of benzene rings is 3. The summed E-state index contributed by atoms with van der Waals surface area (Å²) in [6.45, 7) is 4.11. The summed E-state index contributed by atoms with van der Waals surface area (Å²) >= 11 is 0. The van der Waals surface area contributed by atoms with Gasteiger partial charge in [-0.25, -0.2) is 9.78 Å². The molecule has 0 saturated carbocycles. The monoisotopic (exact) mass is 593 g/mol. The third-order valence-electron chi connectivity index (χ3n) is 9.05. The number of piperidine rings is 1. The lowest BCUT2D eigenvalue weighted by Gasteiger charge is -2.41. The van der Waals surface area contributed by atoms with Crippen molar-refractivity contribution in [1.82, 2.24) is 25.5 Å². The predicted octanol–water partition coefficient (Wildman–Crippen LogP) is 5.44. The molecule has 4 aromatic rings. The molecular weight excluding hydrogens is 554 g/mol. The number of carbonyl (C=O) groups is 2. The molecule has 1 saturated heterocycles. The zero-order chi connectivity index (χ0) is 30.5. The van der Waals surface area contributed by atoms with Crippen LogP contribution in [0.4, 0.5) is 4.79 Å². The Morgan fingerprint density at radius 1 is 1.02 bits per heavy atom. The van der Waals surface area contributed by atoms with Crippen molar-refractivity contribution in [2.45, 2.75) is 44.2 Å². The lowest BCUT2D eigenvalue weighted by molar-refractivity contribution is 0.0922. The van der Waals surface area contributed by atoms with Gasteiger partial charge >= 0.3 is 6.09 Å². The summed E-state index contributed by atoms with van der Waals surface area (Å²) in [5.41, 5.74) is 5.31. The molecule has 3 aromatic carbocycles. The number of imidazole rings is 1. The number of aromatic nitrogens is 2. The number of hydrogen-bond donors (Lipinski definition) is 4. The number of rotatable bonds is 9. The van der Waals surface area contributed by atoms with Crippen LogP contribution >= 0.6 is 0 Å². The fourth-order valence-electron chi connectivity index (χ4n) is 6.70. The van der Waals surface area contributed by atoms with Gasteiger partial charge in [0.25, 0.3) is 5.91 Å². The van der Waals surface area contributed by atoms with Crippen molar-refractivity contribution in [3.8, 4) is 5.75 Å². The van der Waals surface area contributed by atoms with Gasteiger partial charge in [-0.1, -0.05) is 66.7 Å². The van der Waals surface area contributed by atoms with E-state index in [2.05, 4.69) is 76.1 Å². The first-order valence-electron chi connectivity index (χ1n) is 15.3. The van der Waals surface area contributed by atoms with Gasteiger partial charge in [-0.05, 0) is 48.4 Å². The minimum atomic E-state index is -0.883. The van der Waals surface area contributed by atoms with E-state index >= 15 is 0 Å². The first-order valence-corrected chi connectivity index (χ1v) is 15.3. The Balaban J connectivity index is 1.30. The molecule has 1 aromatic heterocycles. The molecule has 9 heteroatoms. The van der Waals surface area contributed by atoms with Gasteiger partial charge in [0.15, 0.2) is 0 Å². The number of fused-ring (bicyclic) bond motifs is 1. The van der Waals surface area contributed by atoms with E-state index in [1.54, 1.807) is 6.33 Å². The molecule has 6 rings (SSSR count). The molecule has 0 spiro atoms. The van der Waals surface area contributed by atoms with E-state index < -0.39 is 11.6 Å². The standard InChI is InChI=1S/C35H39N5O4/c1-24-8-5-6-13-29(24)35(31-22-36-23-38-31,20-25-9-3-2-4-10-25)39-30-16-19-44-32-27(30)11-7-12-28(32)33(41)37-21-26-14-17-40(18-15-26)34(42)43/h2-13,22-23,26,30,39H,14-21H2,1H3,(H,36,38)(H,37,41)(H,42,43). The second kappa shape index (κ2) is 12.9. The molecule has 0 radical (unpaired) electrons. The van der Waals surface area contributed by atoms with Gasteiger partial charge in [0.2, 0.25) is 0 Å². The molecular formula is C35H39N5O4. The fraction of sp³-hybridized carbons (Fsp3) is 0.343. The van der Waals surface area contributed by atoms with Crippen molar-refractivity contribution in [3.05, 3.63) is 119 Å². The summed E-state index contributed by atoms with van der Waals surface area (Å²) in [6.07, 6.45) is 5.63. The number of aromatic amines is 1. The zero-order valence-corrected chi connectivity index (χ0v) is 25.0. The van der Waals surface area contributed by atoms with Gasteiger partial charge in [-0.2, -0.15) is 0 Å². The molecule has 2 unspecified atom stereocenters. The lowest BCUT2D eigenvalue weighted by atomic mass is 9.77. The third-order valence-corrected chi connectivity index (χ3v) is 9.05. The summed E-state index contributed by atoms with van der Waals surface area (Å²) in [7, 11) is 0. The van der Waals surface area contributed by atoms with E-state index in [4.69, 9.17) is 4.74 Å². The number of nitrogens with zero attached hydrogens (tertiary/aromatic N) is 2. The van der Waals surface area contributed by atoms with Gasteiger partial charge in [-0.15, -0.1) is 0 Å². The molecule has 228 valence electrons. The lowest BCUT2D eigenvalue weighted by Crippen LogP contribution is -2.49. The summed E-state index contributed by atoms with van der Waals surface area (Å²) in [6, 6.07) is 24.6. The van der Waals surface area contributed by atoms with E-state index in [0.29, 0.717) is 44.0 Å². The highest BCUT2D eigenvalue weighted by Crippen LogP contribution is 2.41. The molecule has 9 nitrogen and oxygen atoms in total. The van der Waals surface area contributed by atoms with Gasteiger partial charge in [0.05, 0.1) is 35.9 Å². The molecule has 0 aliphatic carbocycles. The Morgan fingerprint density at radius 2 is 1.80 bits per heavy atom. The number of H-pyrrole nitrogens is 1. The average molecular weight is 594 g/mol. The molecule has 44 heavy (non-hydrogen) atoms. The Kier molecular flexibility index (Phi) is 8.65. The van der Waals surface area contributed by atoms with E-state index in [9.17, 15) is 14.7 Å². The highest BCUT2D eigenvalue weighted by molar-refractivity contribution is 5.97. The summed E-state index contributed by atoms with van der Waals surface area (Å²) in [5.74, 6) is 0.676. The maximum absolute atomic E-state index is 13.5. The SMILES string of the molecule is Cc1ccccc1C(Cc1ccccc1)(NC1CCOc2c(C(=O)NCC3CCN(C(=O)O)CC3)cccc21)c1cnc[nH]1. The molecule has 3 heterocycles. The summed E-state index contributed by atoms with van der Waals surface area (Å²) in [4.78, 5) is 34.0. The van der Waals surface area contributed by atoms with Crippen molar-refractivity contribution >= 4 is 12.0 Å². The van der Waals surface area contributed by atoms with Crippen LogP contribution in [0.5, 0.6) is 5.75 Å². The van der Waals surface area contributed by atoms with Gasteiger partial charge < -0.3 is 25.0 Å². The number of ether oxygens (including phenoxy) is 1. The normalized spacial score (nSPS) is 18.1. The molecule has 2 amide bonds. The number of nitrogens with one attached hydrogen (secondary N) is 3. The Hall–Kier alpha value is -4.63. The largest absolute Gasteiger partial charge is 0.492 e. The van der Waals surface area contributed by atoms with Crippen molar-refractivity contribution in [2.75, 3.05) is 26.2 Å². The first-order chi connectivity index (χ1) is 21.4. The van der Waals surface area contributed by atoms with Crippen LogP contribution in [0.25, 0.3) is 0 Å².